The monoisotopic (exact) mass is 280 g/mol. The predicted molar refractivity (Wildman–Crippen MR) is 71.8 cm³/mol. The summed E-state index contributed by atoms with van der Waals surface area (Å²) >= 11 is 1.52. The van der Waals surface area contributed by atoms with Crippen molar-refractivity contribution < 1.29 is 14.7 Å². The molecule has 0 spiro atoms. The van der Waals surface area contributed by atoms with Crippen molar-refractivity contribution in [2.24, 2.45) is 0 Å². The highest BCUT2D eigenvalue weighted by Gasteiger charge is 2.32. The van der Waals surface area contributed by atoms with Crippen molar-refractivity contribution in [3.63, 3.8) is 0 Å². The zero-order valence-electron chi connectivity index (χ0n) is 10.8. The Morgan fingerprint density at radius 1 is 1.42 bits per heavy atom. The van der Waals surface area contributed by atoms with Gasteiger partial charge in [-0.05, 0) is 25.8 Å². The Kier molecular flexibility index (Phi) is 3.05. The minimum absolute atomic E-state index is 0.0266. The van der Waals surface area contributed by atoms with E-state index in [1.165, 1.54) is 17.8 Å². The van der Waals surface area contributed by atoms with Crippen molar-refractivity contribution >= 4 is 23.6 Å². The smallest absolute Gasteiger partial charge is 0.338 e. The van der Waals surface area contributed by atoms with E-state index in [4.69, 9.17) is 0 Å². The summed E-state index contributed by atoms with van der Waals surface area (Å²) in [6.45, 7) is 3.54. The summed E-state index contributed by atoms with van der Waals surface area (Å²) in [6, 6.07) is 1.79. The maximum absolute atomic E-state index is 12.6. The van der Waals surface area contributed by atoms with Gasteiger partial charge in [-0.2, -0.15) is 0 Å². The van der Waals surface area contributed by atoms with Crippen LogP contribution in [0.4, 0.5) is 0 Å². The van der Waals surface area contributed by atoms with E-state index in [1.54, 1.807) is 0 Å². The van der Waals surface area contributed by atoms with Gasteiger partial charge in [0.25, 0.3) is 5.91 Å². The molecule has 2 aliphatic rings. The van der Waals surface area contributed by atoms with Gasteiger partial charge in [-0.15, -0.1) is 11.8 Å². The molecule has 1 aromatic heterocycles. The Hall–Kier alpha value is -1.43. The summed E-state index contributed by atoms with van der Waals surface area (Å²) < 4.78 is 1.86. The second-order valence-electron chi connectivity index (χ2n) is 5.04. The molecule has 0 radical (unpaired) electrons. The summed E-state index contributed by atoms with van der Waals surface area (Å²) in [7, 11) is 0. The first-order valence-electron chi connectivity index (χ1n) is 6.50. The van der Waals surface area contributed by atoms with Gasteiger partial charge in [0, 0.05) is 24.9 Å². The fourth-order valence-corrected chi connectivity index (χ4v) is 3.97. The lowest BCUT2D eigenvalue weighted by molar-refractivity contribution is 0.0691. The van der Waals surface area contributed by atoms with Crippen LogP contribution in [-0.2, 0) is 6.54 Å². The molecule has 3 heterocycles. The maximum Gasteiger partial charge on any atom is 0.338 e. The molecule has 0 aliphatic carbocycles. The number of aromatic nitrogens is 1. The lowest BCUT2D eigenvalue weighted by Gasteiger charge is -2.21. The summed E-state index contributed by atoms with van der Waals surface area (Å²) in [5, 5.41) is 9.93. The number of hydrogen-bond acceptors (Lipinski definition) is 3. The minimum atomic E-state index is -0.952. The number of likely N-dealkylation sites (tertiary alicyclic amines) is 1. The first-order valence-corrected chi connectivity index (χ1v) is 7.48. The average molecular weight is 280 g/mol. The Bertz CT molecular complexity index is 552. The first-order chi connectivity index (χ1) is 9.09. The zero-order chi connectivity index (χ0) is 13.6. The van der Waals surface area contributed by atoms with E-state index in [-0.39, 0.29) is 17.5 Å². The van der Waals surface area contributed by atoms with Crippen LogP contribution in [0, 0.1) is 0 Å². The van der Waals surface area contributed by atoms with Crippen LogP contribution in [0.25, 0.3) is 0 Å². The van der Waals surface area contributed by atoms with Crippen molar-refractivity contribution in [1.29, 1.82) is 0 Å². The molecule has 1 aromatic rings. The average Bonchev–Trinajstić information content (AvgIpc) is 3.01. The minimum Gasteiger partial charge on any atom is -0.478 e. The van der Waals surface area contributed by atoms with Crippen LogP contribution in [-0.4, -0.2) is 44.8 Å². The number of thioether (sulfide) groups is 1. The molecule has 1 unspecified atom stereocenters. The number of carboxylic acids is 1. The molecule has 102 valence electrons. The third-order valence-electron chi connectivity index (χ3n) is 3.86. The second kappa shape index (κ2) is 4.59. The number of carbonyl (C=O) groups excluding carboxylic acids is 1. The Morgan fingerprint density at radius 2 is 2.21 bits per heavy atom. The normalized spacial score (nSPS) is 21.7. The largest absolute Gasteiger partial charge is 0.478 e. The summed E-state index contributed by atoms with van der Waals surface area (Å²) in [4.78, 5) is 25.6. The van der Waals surface area contributed by atoms with Crippen LogP contribution >= 0.6 is 11.8 Å². The molecular weight excluding hydrogens is 264 g/mol. The maximum atomic E-state index is 12.6. The van der Waals surface area contributed by atoms with Gasteiger partial charge in [-0.1, -0.05) is 0 Å². The molecule has 6 heteroatoms. The van der Waals surface area contributed by atoms with Gasteiger partial charge in [-0.3, -0.25) is 4.79 Å². The molecule has 3 rings (SSSR count). The third kappa shape index (κ3) is 1.94. The molecule has 1 amide bonds. The van der Waals surface area contributed by atoms with Gasteiger partial charge in [0.15, 0.2) is 0 Å². The number of fused-ring (bicyclic) bond motifs is 1. The molecule has 19 heavy (non-hydrogen) atoms. The van der Waals surface area contributed by atoms with E-state index in [0.717, 1.165) is 36.7 Å². The third-order valence-corrected chi connectivity index (χ3v) is 4.96. The van der Waals surface area contributed by atoms with E-state index in [9.17, 15) is 14.7 Å². The zero-order valence-corrected chi connectivity index (χ0v) is 11.6. The molecule has 1 fully saturated rings. The Balaban J connectivity index is 1.99. The van der Waals surface area contributed by atoms with Crippen LogP contribution < -0.4 is 0 Å². The van der Waals surface area contributed by atoms with Gasteiger partial charge in [0.2, 0.25) is 0 Å². The summed E-state index contributed by atoms with van der Waals surface area (Å²) in [6.07, 6.45) is 2.06. The van der Waals surface area contributed by atoms with Gasteiger partial charge in [-0.25, -0.2) is 4.79 Å². The van der Waals surface area contributed by atoms with Crippen LogP contribution in [0.5, 0.6) is 0 Å². The standard InChI is InChI=1S/C13H16N2O3S/c1-8-3-2-4-14(8)11(16)10-7-9(13(17)18)12-15(10)5-6-19-12/h7-8H,2-6H2,1H3,(H,17,18). The highest BCUT2D eigenvalue weighted by Crippen LogP contribution is 2.34. The quantitative estimate of drug-likeness (QED) is 0.899. The van der Waals surface area contributed by atoms with E-state index in [1.807, 2.05) is 16.4 Å². The van der Waals surface area contributed by atoms with Crippen LogP contribution in [0.2, 0.25) is 0 Å². The number of amides is 1. The molecular formula is C13H16N2O3S. The molecule has 1 atom stereocenters. The number of rotatable bonds is 2. The van der Waals surface area contributed by atoms with Gasteiger partial charge in [0.1, 0.15) is 5.69 Å². The fraction of sp³-hybridized carbons (Fsp3) is 0.538. The lowest BCUT2D eigenvalue weighted by atomic mass is 10.2. The molecule has 1 N–H and O–H groups in total. The molecule has 5 nitrogen and oxygen atoms in total. The molecule has 2 aliphatic heterocycles. The second-order valence-corrected chi connectivity index (χ2v) is 6.13. The van der Waals surface area contributed by atoms with Gasteiger partial charge in [0.05, 0.1) is 10.6 Å². The molecule has 0 bridgehead atoms. The van der Waals surface area contributed by atoms with E-state index in [0.29, 0.717) is 5.69 Å². The van der Waals surface area contributed by atoms with Crippen LogP contribution in [0.1, 0.15) is 40.6 Å². The van der Waals surface area contributed by atoms with Crippen molar-refractivity contribution in [3.8, 4) is 0 Å². The van der Waals surface area contributed by atoms with Crippen molar-refractivity contribution in [1.82, 2.24) is 9.47 Å². The first kappa shape index (κ1) is 12.6. The highest BCUT2D eigenvalue weighted by atomic mass is 32.2. The number of carboxylic acid groups (broad SMARTS) is 1. The fourth-order valence-electron chi connectivity index (χ4n) is 2.85. The van der Waals surface area contributed by atoms with E-state index >= 15 is 0 Å². The van der Waals surface area contributed by atoms with Gasteiger partial charge >= 0.3 is 5.97 Å². The van der Waals surface area contributed by atoms with E-state index in [2.05, 4.69) is 0 Å². The van der Waals surface area contributed by atoms with Crippen molar-refractivity contribution in [2.75, 3.05) is 12.3 Å². The molecule has 0 aromatic carbocycles. The van der Waals surface area contributed by atoms with Crippen LogP contribution in [0.15, 0.2) is 11.1 Å². The number of aromatic carboxylic acids is 1. The Morgan fingerprint density at radius 3 is 2.84 bits per heavy atom. The number of nitrogens with zero attached hydrogens (tertiary/aromatic N) is 2. The summed E-state index contributed by atoms with van der Waals surface area (Å²) in [5.74, 6) is -0.139. The summed E-state index contributed by atoms with van der Waals surface area (Å²) in [5.41, 5.74) is 0.795. The Labute approximate surface area is 115 Å². The van der Waals surface area contributed by atoms with Crippen LogP contribution in [0.3, 0.4) is 0 Å². The number of carbonyl (C=O) groups is 2. The predicted octanol–water partition coefficient (Wildman–Crippen LogP) is 1.92. The van der Waals surface area contributed by atoms with Crippen molar-refractivity contribution in [3.05, 3.63) is 17.3 Å². The number of hydrogen-bond donors (Lipinski definition) is 1. The highest BCUT2D eigenvalue weighted by molar-refractivity contribution is 7.99. The van der Waals surface area contributed by atoms with Crippen molar-refractivity contribution in [2.45, 2.75) is 37.4 Å². The topological polar surface area (TPSA) is 62.5 Å². The van der Waals surface area contributed by atoms with E-state index < -0.39 is 5.97 Å². The molecule has 0 saturated carbocycles. The lowest BCUT2D eigenvalue weighted by Crippen LogP contribution is -2.34. The molecule has 1 saturated heterocycles. The van der Waals surface area contributed by atoms with Gasteiger partial charge < -0.3 is 14.6 Å². The SMILES string of the molecule is CC1CCCN1C(=O)c1cc(C(=O)O)c2n1CCS2.